The molecule has 0 aliphatic heterocycles. The summed E-state index contributed by atoms with van der Waals surface area (Å²) in [5.74, 6) is 1.17. The Morgan fingerprint density at radius 2 is 1.93 bits per heavy atom. The molecule has 3 aromatic rings. The summed E-state index contributed by atoms with van der Waals surface area (Å²) in [5.41, 5.74) is 3.07. The van der Waals surface area contributed by atoms with Gasteiger partial charge in [-0.05, 0) is 50.6 Å². The number of rotatable bonds is 8. The highest BCUT2D eigenvalue weighted by Crippen LogP contribution is 2.22. The van der Waals surface area contributed by atoms with Gasteiger partial charge in [0, 0.05) is 17.3 Å². The van der Waals surface area contributed by atoms with E-state index in [4.69, 9.17) is 16.3 Å². The third-order valence-electron chi connectivity index (χ3n) is 4.30. The number of ether oxygens (including phenoxy) is 1. The average Bonchev–Trinajstić information content (AvgIpc) is 3.11. The predicted molar refractivity (Wildman–Crippen MR) is 117 cm³/mol. The second-order valence-corrected chi connectivity index (χ2v) is 7.89. The molecule has 0 bridgehead atoms. The van der Waals surface area contributed by atoms with Crippen LogP contribution in [0.3, 0.4) is 0 Å². The van der Waals surface area contributed by atoms with Gasteiger partial charge in [-0.25, -0.2) is 0 Å². The fourth-order valence-electron chi connectivity index (χ4n) is 2.65. The van der Waals surface area contributed by atoms with Crippen LogP contribution in [0.2, 0.25) is 5.02 Å². The number of benzene rings is 2. The molecule has 0 spiro atoms. The molecule has 0 amide bonds. The summed E-state index contributed by atoms with van der Waals surface area (Å²) in [5, 5.41) is 13.2. The number of anilines is 1. The van der Waals surface area contributed by atoms with E-state index in [2.05, 4.69) is 15.5 Å². The first-order valence-corrected chi connectivity index (χ1v) is 10.6. The first-order valence-electron chi connectivity index (χ1n) is 9.28. The Balaban J connectivity index is 1.57. The van der Waals surface area contributed by atoms with E-state index in [9.17, 15) is 4.79 Å². The SMILES string of the molecule is CCn1c(CNc2ccc(C)c(Cl)c2)nnc1SCC(=O)Oc1ccc(C)cc1. The van der Waals surface area contributed by atoms with Crippen LogP contribution in [0.1, 0.15) is 23.9 Å². The number of halogens is 1. The molecule has 0 saturated carbocycles. The van der Waals surface area contributed by atoms with Crippen molar-refractivity contribution in [3.05, 3.63) is 64.4 Å². The number of hydrogen-bond donors (Lipinski definition) is 1. The van der Waals surface area contributed by atoms with Crippen molar-refractivity contribution in [2.24, 2.45) is 0 Å². The van der Waals surface area contributed by atoms with Gasteiger partial charge in [-0.1, -0.05) is 47.1 Å². The molecule has 29 heavy (non-hydrogen) atoms. The minimum Gasteiger partial charge on any atom is -0.426 e. The summed E-state index contributed by atoms with van der Waals surface area (Å²) < 4.78 is 7.33. The number of thioether (sulfide) groups is 1. The molecule has 0 unspecified atom stereocenters. The fourth-order valence-corrected chi connectivity index (χ4v) is 3.62. The zero-order valence-electron chi connectivity index (χ0n) is 16.6. The molecule has 6 nitrogen and oxygen atoms in total. The minimum atomic E-state index is -0.321. The van der Waals surface area contributed by atoms with Crippen LogP contribution < -0.4 is 10.1 Å². The Kier molecular flexibility index (Phi) is 7.17. The summed E-state index contributed by atoms with van der Waals surface area (Å²) in [4.78, 5) is 12.1. The summed E-state index contributed by atoms with van der Waals surface area (Å²) in [7, 11) is 0. The average molecular weight is 431 g/mol. The van der Waals surface area contributed by atoms with Crippen LogP contribution in [-0.4, -0.2) is 26.5 Å². The highest BCUT2D eigenvalue weighted by atomic mass is 35.5. The maximum Gasteiger partial charge on any atom is 0.321 e. The number of carbonyl (C=O) groups excluding carboxylic acids is 1. The van der Waals surface area contributed by atoms with Gasteiger partial charge >= 0.3 is 5.97 Å². The number of carbonyl (C=O) groups is 1. The van der Waals surface area contributed by atoms with Crippen LogP contribution >= 0.6 is 23.4 Å². The molecule has 8 heteroatoms. The van der Waals surface area contributed by atoms with E-state index in [-0.39, 0.29) is 11.7 Å². The molecule has 0 aliphatic carbocycles. The van der Waals surface area contributed by atoms with Gasteiger partial charge in [0.15, 0.2) is 11.0 Å². The molecule has 1 aromatic heterocycles. The van der Waals surface area contributed by atoms with Gasteiger partial charge < -0.3 is 14.6 Å². The summed E-state index contributed by atoms with van der Waals surface area (Å²) in [6, 6.07) is 13.2. The van der Waals surface area contributed by atoms with E-state index in [1.807, 2.05) is 55.7 Å². The number of nitrogens with zero attached hydrogens (tertiary/aromatic N) is 3. The number of hydrogen-bond acceptors (Lipinski definition) is 6. The molecule has 2 aromatic carbocycles. The molecule has 0 fully saturated rings. The molecule has 1 heterocycles. The van der Waals surface area contributed by atoms with E-state index in [1.165, 1.54) is 11.8 Å². The maximum absolute atomic E-state index is 12.1. The molecule has 0 radical (unpaired) electrons. The molecule has 0 aliphatic rings. The molecular weight excluding hydrogens is 408 g/mol. The van der Waals surface area contributed by atoms with E-state index >= 15 is 0 Å². The normalized spacial score (nSPS) is 10.8. The molecule has 3 rings (SSSR count). The van der Waals surface area contributed by atoms with Crippen molar-refractivity contribution in [3.8, 4) is 5.75 Å². The third-order valence-corrected chi connectivity index (χ3v) is 5.65. The van der Waals surface area contributed by atoms with Crippen molar-refractivity contribution in [2.45, 2.75) is 39.0 Å². The molecule has 0 saturated heterocycles. The minimum absolute atomic E-state index is 0.160. The van der Waals surface area contributed by atoms with E-state index < -0.39 is 0 Å². The van der Waals surface area contributed by atoms with Gasteiger partial charge in [-0.15, -0.1) is 10.2 Å². The summed E-state index contributed by atoms with van der Waals surface area (Å²) in [6.45, 7) is 7.18. The van der Waals surface area contributed by atoms with Crippen molar-refractivity contribution in [3.63, 3.8) is 0 Å². The van der Waals surface area contributed by atoms with Crippen molar-refractivity contribution >= 4 is 35.0 Å². The third kappa shape index (κ3) is 5.74. The van der Waals surface area contributed by atoms with E-state index in [1.54, 1.807) is 12.1 Å². The van der Waals surface area contributed by atoms with Crippen LogP contribution in [-0.2, 0) is 17.9 Å². The Hall–Kier alpha value is -2.51. The van der Waals surface area contributed by atoms with Crippen molar-refractivity contribution in [1.29, 1.82) is 0 Å². The van der Waals surface area contributed by atoms with Gasteiger partial charge in [0.25, 0.3) is 0 Å². The highest BCUT2D eigenvalue weighted by molar-refractivity contribution is 7.99. The Labute approximate surface area is 179 Å². The molecule has 0 atom stereocenters. The molecule has 152 valence electrons. The largest absolute Gasteiger partial charge is 0.426 e. The summed E-state index contributed by atoms with van der Waals surface area (Å²) >= 11 is 7.49. The quantitative estimate of drug-likeness (QED) is 0.312. The second kappa shape index (κ2) is 9.80. The Morgan fingerprint density at radius 3 is 2.62 bits per heavy atom. The first-order chi connectivity index (χ1) is 14.0. The van der Waals surface area contributed by atoms with Gasteiger partial charge in [0.05, 0.1) is 12.3 Å². The summed E-state index contributed by atoms with van der Waals surface area (Å²) in [6.07, 6.45) is 0. The Bertz CT molecular complexity index is 989. The second-order valence-electron chi connectivity index (χ2n) is 6.54. The number of nitrogens with one attached hydrogen (secondary N) is 1. The van der Waals surface area contributed by atoms with Gasteiger partial charge in [-0.2, -0.15) is 0 Å². The van der Waals surface area contributed by atoms with Crippen molar-refractivity contribution in [2.75, 3.05) is 11.1 Å². The smallest absolute Gasteiger partial charge is 0.321 e. The van der Waals surface area contributed by atoms with Crippen LogP contribution in [0.4, 0.5) is 5.69 Å². The Morgan fingerprint density at radius 1 is 1.17 bits per heavy atom. The van der Waals surface area contributed by atoms with Crippen LogP contribution in [0.5, 0.6) is 5.75 Å². The maximum atomic E-state index is 12.1. The van der Waals surface area contributed by atoms with Crippen LogP contribution in [0, 0.1) is 13.8 Å². The number of aryl methyl sites for hydroxylation is 2. The van der Waals surface area contributed by atoms with Gasteiger partial charge in [-0.3, -0.25) is 4.79 Å². The monoisotopic (exact) mass is 430 g/mol. The van der Waals surface area contributed by atoms with E-state index in [0.29, 0.717) is 24.0 Å². The van der Waals surface area contributed by atoms with Crippen LogP contribution in [0.25, 0.3) is 0 Å². The van der Waals surface area contributed by atoms with Gasteiger partial charge in [0.2, 0.25) is 0 Å². The lowest BCUT2D eigenvalue weighted by atomic mass is 10.2. The van der Waals surface area contributed by atoms with Crippen LogP contribution in [0.15, 0.2) is 47.6 Å². The lowest BCUT2D eigenvalue weighted by Gasteiger charge is -2.10. The fraction of sp³-hybridized carbons (Fsp3) is 0.286. The van der Waals surface area contributed by atoms with Crippen molar-refractivity contribution < 1.29 is 9.53 Å². The predicted octanol–water partition coefficient (Wildman–Crippen LogP) is 4.88. The van der Waals surface area contributed by atoms with Gasteiger partial charge in [0.1, 0.15) is 5.75 Å². The first kappa shape index (κ1) is 21.2. The standard InChI is InChI=1S/C21H23ClN4O2S/c1-4-26-19(12-23-16-8-7-15(3)18(22)11-16)24-25-21(26)29-13-20(27)28-17-9-5-14(2)6-10-17/h5-11,23H,4,12-13H2,1-3H3. The lowest BCUT2D eigenvalue weighted by molar-refractivity contribution is -0.131. The topological polar surface area (TPSA) is 69.0 Å². The van der Waals surface area contributed by atoms with E-state index in [0.717, 1.165) is 27.7 Å². The van der Waals surface area contributed by atoms with Crippen molar-refractivity contribution in [1.82, 2.24) is 14.8 Å². The molecular formula is C21H23ClN4O2S. The molecule has 1 N–H and O–H groups in total. The zero-order valence-corrected chi connectivity index (χ0v) is 18.2. The highest BCUT2D eigenvalue weighted by Gasteiger charge is 2.14. The zero-order chi connectivity index (χ0) is 20.8. The number of esters is 1. The number of aromatic nitrogens is 3. The lowest BCUT2D eigenvalue weighted by Crippen LogP contribution is -2.12.